The summed E-state index contributed by atoms with van der Waals surface area (Å²) >= 11 is 7.68. The van der Waals surface area contributed by atoms with Crippen molar-refractivity contribution in [1.82, 2.24) is 19.5 Å². The van der Waals surface area contributed by atoms with Crippen LogP contribution in [0.25, 0.3) is 11.0 Å². The molecule has 0 amide bonds. The van der Waals surface area contributed by atoms with Crippen LogP contribution in [0.2, 0.25) is 0 Å². The fraction of sp³-hybridized carbons (Fsp3) is 0.308. The summed E-state index contributed by atoms with van der Waals surface area (Å²) in [6, 6.07) is 2.09. The van der Waals surface area contributed by atoms with E-state index < -0.39 is 0 Å². The Kier molecular flexibility index (Phi) is 3.24. The molecule has 3 rings (SSSR count). The molecule has 1 atom stereocenters. The number of hydrogen-bond donors (Lipinski definition) is 0. The van der Waals surface area contributed by atoms with Crippen LogP contribution in [0.3, 0.4) is 0 Å². The highest BCUT2D eigenvalue weighted by Crippen LogP contribution is 2.28. The predicted molar refractivity (Wildman–Crippen MR) is 77.7 cm³/mol. The minimum Gasteiger partial charge on any atom is -0.317 e. The maximum Gasteiger partial charge on any atom is 0.125 e. The standard InChI is InChI=1S/C13H13ClN4S/c1-8-7-19-13(16-8)9(2)18-11-3-4-15-6-10(11)17-12(18)5-14/h3-4,6-7,9H,5H2,1-2H3. The molecule has 0 saturated heterocycles. The average molecular weight is 293 g/mol. The molecule has 98 valence electrons. The first-order valence-corrected chi connectivity index (χ1v) is 7.41. The van der Waals surface area contributed by atoms with Gasteiger partial charge >= 0.3 is 0 Å². The second-order valence-corrected chi connectivity index (χ2v) is 5.56. The Labute approximate surface area is 120 Å². The summed E-state index contributed by atoms with van der Waals surface area (Å²) in [5.74, 6) is 1.23. The SMILES string of the molecule is Cc1csc(C(C)n2c(CCl)nc3cnccc32)n1. The van der Waals surface area contributed by atoms with Gasteiger partial charge in [-0.15, -0.1) is 22.9 Å². The third-order valence-electron chi connectivity index (χ3n) is 3.07. The van der Waals surface area contributed by atoms with Crippen LogP contribution in [0.4, 0.5) is 0 Å². The number of imidazole rings is 1. The summed E-state index contributed by atoms with van der Waals surface area (Å²) in [6.07, 6.45) is 3.54. The van der Waals surface area contributed by atoms with Crippen LogP contribution in [0, 0.1) is 6.92 Å². The van der Waals surface area contributed by atoms with Gasteiger partial charge in [-0.1, -0.05) is 0 Å². The minimum absolute atomic E-state index is 0.125. The lowest BCUT2D eigenvalue weighted by atomic mass is 10.3. The largest absolute Gasteiger partial charge is 0.317 e. The minimum atomic E-state index is 0.125. The molecule has 0 bridgehead atoms. The van der Waals surface area contributed by atoms with E-state index in [0.29, 0.717) is 5.88 Å². The maximum absolute atomic E-state index is 6.02. The first-order valence-electron chi connectivity index (χ1n) is 5.99. The average Bonchev–Trinajstić information content (AvgIpc) is 3.01. The van der Waals surface area contributed by atoms with E-state index in [9.17, 15) is 0 Å². The lowest BCUT2D eigenvalue weighted by Gasteiger charge is -2.14. The quantitative estimate of drug-likeness (QED) is 0.694. The predicted octanol–water partition coefficient (Wildman–Crippen LogP) is 3.54. The normalized spacial score (nSPS) is 13.0. The topological polar surface area (TPSA) is 43.6 Å². The van der Waals surface area contributed by atoms with Crippen LogP contribution in [-0.4, -0.2) is 19.5 Å². The van der Waals surface area contributed by atoms with Gasteiger partial charge in [-0.25, -0.2) is 9.97 Å². The summed E-state index contributed by atoms with van der Waals surface area (Å²) < 4.78 is 2.14. The molecule has 0 aliphatic rings. The second kappa shape index (κ2) is 4.90. The number of alkyl halides is 1. The van der Waals surface area contributed by atoms with Crippen molar-refractivity contribution in [1.29, 1.82) is 0 Å². The van der Waals surface area contributed by atoms with Crippen LogP contribution >= 0.6 is 22.9 Å². The summed E-state index contributed by atoms with van der Waals surface area (Å²) in [4.78, 5) is 13.2. The third kappa shape index (κ3) is 2.13. The van der Waals surface area contributed by atoms with Crippen molar-refractivity contribution >= 4 is 34.0 Å². The van der Waals surface area contributed by atoms with Crippen molar-refractivity contribution in [3.05, 3.63) is 40.4 Å². The summed E-state index contributed by atoms with van der Waals surface area (Å²) in [5, 5.41) is 3.13. The molecule has 3 aromatic rings. The maximum atomic E-state index is 6.02. The number of aryl methyl sites for hydroxylation is 1. The van der Waals surface area contributed by atoms with E-state index >= 15 is 0 Å². The molecule has 3 aromatic heterocycles. The van der Waals surface area contributed by atoms with Crippen molar-refractivity contribution in [2.75, 3.05) is 0 Å². The van der Waals surface area contributed by atoms with E-state index in [1.807, 2.05) is 13.0 Å². The Hall–Kier alpha value is -1.46. The molecule has 0 N–H and O–H groups in total. The zero-order valence-corrected chi connectivity index (χ0v) is 12.2. The molecule has 4 nitrogen and oxygen atoms in total. The first-order chi connectivity index (χ1) is 9.20. The van der Waals surface area contributed by atoms with Crippen molar-refractivity contribution < 1.29 is 0 Å². The highest BCUT2D eigenvalue weighted by molar-refractivity contribution is 7.09. The van der Waals surface area contributed by atoms with Gasteiger partial charge in [0.1, 0.15) is 16.3 Å². The van der Waals surface area contributed by atoms with Gasteiger partial charge in [0.15, 0.2) is 0 Å². The van der Waals surface area contributed by atoms with Crippen molar-refractivity contribution in [2.24, 2.45) is 0 Å². The Balaban J connectivity index is 2.17. The van der Waals surface area contributed by atoms with E-state index in [1.165, 1.54) is 0 Å². The molecule has 0 aromatic carbocycles. The number of hydrogen-bond acceptors (Lipinski definition) is 4. The number of pyridine rings is 1. The highest BCUT2D eigenvalue weighted by atomic mass is 35.5. The van der Waals surface area contributed by atoms with Gasteiger partial charge in [0.05, 0.1) is 23.6 Å². The molecule has 6 heteroatoms. The van der Waals surface area contributed by atoms with Gasteiger partial charge in [0, 0.05) is 17.3 Å². The third-order valence-corrected chi connectivity index (χ3v) is 4.44. The number of fused-ring (bicyclic) bond motifs is 1. The van der Waals surface area contributed by atoms with Gasteiger partial charge < -0.3 is 4.57 Å². The highest BCUT2D eigenvalue weighted by Gasteiger charge is 2.18. The number of rotatable bonds is 3. The van der Waals surface area contributed by atoms with Crippen molar-refractivity contribution in [3.63, 3.8) is 0 Å². The van der Waals surface area contributed by atoms with Crippen LogP contribution in [-0.2, 0) is 5.88 Å². The molecule has 0 saturated carbocycles. The first kappa shape index (κ1) is 12.6. The molecule has 19 heavy (non-hydrogen) atoms. The molecule has 3 heterocycles. The molecule has 0 fully saturated rings. The van der Waals surface area contributed by atoms with Gasteiger partial charge in [-0.2, -0.15) is 0 Å². The van der Waals surface area contributed by atoms with E-state index in [0.717, 1.165) is 27.6 Å². The number of thiazole rings is 1. The lowest BCUT2D eigenvalue weighted by molar-refractivity contribution is 0.628. The smallest absolute Gasteiger partial charge is 0.125 e. The Morgan fingerprint density at radius 1 is 1.42 bits per heavy atom. The number of aromatic nitrogens is 4. The van der Waals surface area contributed by atoms with Gasteiger partial charge in [0.25, 0.3) is 0 Å². The molecule has 0 aliphatic heterocycles. The fourth-order valence-corrected chi connectivity index (χ4v) is 3.23. The molecule has 0 aliphatic carbocycles. The van der Waals surface area contributed by atoms with Gasteiger partial charge in [-0.05, 0) is 19.9 Å². The van der Waals surface area contributed by atoms with E-state index in [2.05, 4.69) is 31.8 Å². The fourth-order valence-electron chi connectivity index (χ4n) is 2.20. The zero-order chi connectivity index (χ0) is 13.4. The monoisotopic (exact) mass is 292 g/mol. The van der Waals surface area contributed by atoms with Crippen molar-refractivity contribution in [2.45, 2.75) is 25.8 Å². The van der Waals surface area contributed by atoms with Crippen LogP contribution in [0.5, 0.6) is 0 Å². The Morgan fingerprint density at radius 2 is 2.26 bits per heavy atom. The second-order valence-electron chi connectivity index (χ2n) is 4.40. The Morgan fingerprint density at radius 3 is 2.95 bits per heavy atom. The molecule has 1 unspecified atom stereocenters. The number of nitrogens with zero attached hydrogens (tertiary/aromatic N) is 4. The molecule has 0 radical (unpaired) electrons. The summed E-state index contributed by atoms with van der Waals surface area (Å²) in [5.41, 5.74) is 2.97. The van der Waals surface area contributed by atoms with E-state index in [4.69, 9.17) is 11.6 Å². The number of halogens is 1. The van der Waals surface area contributed by atoms with E-state index in [-0.39, 0.29) is 6.04 Å². The molecule has 0 spiro atoms. The van der Waals surface area contributed by atoms with Crippen LogP contribution in [0.1, 0.15) is 29.5 Å². The Bertz CT molecular complexity index is 718. The summed E-state index contributed by atoms with van der Waals surface area (Å²) in [7, 11) is 0. The molecular formula is C13H13ClN4S. The summed E-state index contributed by atoms with van der Waals surface area (Å²) in [6.45, 7) is 4.13. The van der Waals surface area contributed by atoms with Crippen molar-refractivity contribution in [3.8, 4) is 0 Å². The van der Waals surface area contributed by atoms with Crippen LogP contribution in [0.15, 0.2) is 23.8 Å². The van der Waals surface area contributed by atoms with E-state index in [1.54, 1.807) is 23.7 Å². The zero-order valence-electron chi connectivity index (χ0n) is 10.7. The molecular weight excluding hydrogens is 280 g/mol. The van der Waals surface area contributed by atoms with Crippen LogP contribution < -0.4 is 0 Å². The van der Waals surface area contributed by atoms with Gasteiger partial charge in [-0.3, -0.25) is 4.98 Å². The van der Waals surface area contributed by atoms with Gasteiger partial charge in [0.2, 0.25) is 0 Å². The lowest BCUT2D eigenvalue weighted by Crippen LogP contribution is -2.09.